The molecule has 0 aliphatic carbocycles. The van der Waals surface area contributed by atoms with Crippen molar-refractivity contribution in [2.75, 3.05) is 26.3 Å². The van der Waals surface area contributed by atoms with E-state index in [-0.39, 0.29) is 29.2 Å². The van der Waals surface area contributed by atoms with E-state index in [1.807, 2.05) is 0 Å². The molecule has 27 heavy (non-hydrogen) atoms. The molecule has 1 aromatic heterocycles. The lowest BCUT2D eigenvalue weighted by Gasteiger charge is -2.26. The minimum atomic E-state index is -3.73. The zero-order chi connectivity index (χ0) is 19.4. The van der Waals surface area contributed by atoms with Gasteiger partial charge in [0.1, 0.15) is 5.69 Å². The predicted molar refractivity (Wildman–Crippen MR) is 96.5 cm³/mol. The zero-order valence-electron chi connectivity index (χ0n) is 14.7. The second kappa shape index (κ2) is 7.91. The Morgan fingerprint density at radius 2 is 1.81 bits per heavy atom. The number of rotatable bonds is 4. The number of ether oxygens (including phenoxy) is 1. The van der Waals surface area contributed by atoms with E-state index in [4.69, 9.17) is 4.74 Å². The molecule has 144 valence electrons. The van der Waals surface area contributed by atoms with Crippen LogP contribution >= 0.6 is 0 Å². The van der Waals surface area contributed by atoms with Crippen LogP contribution in [0, 0.1) is 6.92 Å². The molecule has 1 aromatic carbocycles. The van der Waals surface area contributed by atoms with Gasteiger partial charge in [0.05, 0.1) is 18.1 Å². The molecule has 3 rings (SSSR count). The highest BCUT2D eigenvalue weighted by Gasteiger charge is 2.28. The van der Waals surface area contributed by atoms with E-state index in [2.05, 4.69) is 15.8 Å². The van der Waals surface area contributed by atoms with Crippen molar-refractivity contribution in [2.24, 2.45) is 0 Å². The standard InChI is InChI=1S/C17H20N4O5S/c1-12-4-5-13(16(22)19-20-17(23)14-3-2-6-18-14)11-15(12)27(24,25)21-7-9-26-10-8-21/h2-6,11,18H,7-10H2,1H3,(H,19,22)(H,20,23). The number of sulfonamides is 1. The molecule has 0 radical (unpaired) electrons. The van der Waals surface area contributed by atoms with Crippen LogP contribution in [-0.2, 0) is 14.8 Å². The van der Waals surface area contributed by atoms with E-state index < -0.39 is 21.8 Å². The van der Waals surface area contributed by atoms with Crippen LogP contribution in [0.25, 0.3) is 0 Å². The van der Waals surface area contributed by atoms with Crippen molar-refractivity contribution < 1.29 is 22.7 Å². The SMILES string of the molecule is Cc1ccc(C(=O)NNC(=O)c2ccc[nH]2)cc1S(=O)(=O)N1CCOCC1. The molecule has 1 aliphatic rings. The van der Waals surface area contributed by atoms with Crippen LogP contribution in [-0.4, -0.2) is 55.8 Å². The first-order chi connectivity index (χ1) is 12.9. The highest BCUT2D eigenvalue weighted by atomic mass is 32.2. The van der Waals surface area contributed by atoms with Crippen molar-refractivity contribution in [1.29, 1.82) is 0 Å². The van der Waals surface area contributed by atoms with Crippen molar-refractivity contribution in [3.63, 3.8) is 0 Å². The highest BCUT2D eigenvalue weighted by molar-refractivity contribution is 7.89. The van der Waals surface area contributed by atoms with Crippen molar-refractivity contribution >= 4 is 21.8 Å². The fraction of sp³-hybridized carbons (Fsp3) is 0.294. The average Bonchev–Trinajstić information content (AvgIpc) is 3.21. The number of nitrogens with zero attached hydrogens (tertiary/aromatic N) is 1. The molecule has 2 amide bonds. The molecular formula is C17H20N4O5S. The molecule has 10 heteroatoms. The topological polar surface area (TPSA) is 121 Å². The maximum atomic E-state index is 12.9. The third kappa shape index (κ3) is 4.18. The van der Waals surface area contributed by atoms with Gasteiger partial charge < -0.3 is 9.72 Å². The Morgan fingerprint density at radius 1 is 1.11 bits per heavy atom. The number of hydrogen-bond donors (Lipinski definition) is 3. The summed E-state index contributed by atoms with van der Waals surface area (Å²) in [5.74, 6) is -1.13. The maximum Gasteiger partial charge on any atom is 0.286 e. The lowest BCUT2D eigenvalue weighted by molar-refractivity contribution is 0.0730. The summed E-state index contributed by atoms with van der Waals surface area (Å²) in [6.45, 7) is 2.88. The zero-order valence-corrected chi connectivity index (χ0v) is 15.5. The van der Waals surface area contributed by atoms with E-state index in [1.54, 1.807) is 31.3 Å². The number of hydrazine groups is 1. The molecule has 0 bridgehead atoms. The summed E-state index contributed by atoms with van der Waals surface area (Å²) in [6, 6.07) is 7.59. The van der Waals surface area contributed by atoms with Gasteiger partial charge in [-0.1, -0.05) is 6.07 Å². The van der Waals surface area contributed by atoms with E-state index >= 15 is 0 Å². The van der Waals surface area contributed by atoms with Gasteiger partial charge in [0.15, 0.2) is 0 Å². The second-order valence-electron chi connectivity index (χ2n) is 5.99. The van der Waals surface area contributed by atoms with Gasteiger partial charge in [-0.25, -0.2) is 8.42 Å². The third-order valence-corrected chi connectivity index (χ3v) is 6.21. The molecule has 0 spiro atoms. The molecule has 2 heterocycles. The van der Waals surface area contributed by atoms with Gasteiger partial charge in [-0.05, 0) is 36.8 Å². The summed E-state index contributed by atoms with van der Waals surface area (Å²) in [4.78, 5) is 27.0. The lowest BCUT2D eigenvalue weighted by Crippen LogP contribution is -2.42. The number of aryl methyl sites for hydroxylation is 1. The highest BCUT2D eigenvalue weighted by Crippen LogP contribution is 2.22. The van der Waals surface area contributed by atoms with Crippen LogP contribution in [0.2, 0.25) is 0 Å². The molecule has 9 nitrogen and oxygen atoms in total. The Morgan fingerprint density at radius 3 is 2.48 bits per heavy atom. The first-order valence-corrected chi connectivity index (χ1v) is 9.76. The number of benzene rings is 1. The van der Waals surface area contributed by atoms with Crippen molar-refractivity contribution in [3.8, 4) is 0 Å². The van der Waals surface area contributed by atoms with Gasteiger partial charge in [-0.3, -0.25) is 20.4 Å². The van der Waals surface area contributed by atoms with Crippen molar-refractivity contribution in [2.45, 2.75) is 11.8 Å². The smallest absolute Gasteiger partial charge is 0.286 e. The minimum absolute atomic E-state index is 0.0627. The van der Waals surface area contributed by atoms with Gasteiger partial charge in [-0.15, -0.1) is 0 Å². The first kappa shape index (κ1) is 19.1. The summed E-state index contributed by atoms with van der Waals surface area (Å²) in [5.41, 5.74) is 5.50. The molecule has 0 saturated carbocycles. The number of amides is 2. The average molecular weight is 392 g/mol. The fourth-order valence-corrected chi connectivity index (χ4v) is 4.33. The number of morpholine rings is 1. The monoisotopic (exact) mass is 392 g/mol. The van der Waals surface area contributed by atoms with Gasteiger partial charge in [0.2, 0.25) is 10.0 Å². The van der Waals surface area contributed by atoms with Crippen molar-refractivity contribution in [1.82, 2.24) is 20.1 Å². The second-order valence-corrected chi connectivity index (χ2v) is 7.90. The Balaban J connectivity index is 1.76. The number of aromatic nitrogens is 1. The number of carbonyl (C=O) groups excluding carboxylic acids is 2. The number of H-pyrrole nitrogens is 1. The van der Waals surface area contributed by atoms with Crippen molar-refractivity contribution in [3.05, 3.63) is 53.3 Å². The van der Waals surface area contributed by atoms with E-state index in [0.717, 1.165) is 0 Å². The number of carbonyl (C=O) groups is 2. The van der Waals surface area contributed by atoms with Crippen LogP contribution in [0.5, 0.6) is 0 Å². The number of aromatic amines is 1. The fourth-order valence-electron chi connectivity index (χ4n) is 2.67. The largest absolute Gasteiger partial charge is 0.379 e. The molecule has 0 atom stereocenters. The Kier molecular flexibility index (Phi) is 5.59. The molecule has 1 aliphatic heterocycles. The molecule has 1 fully saturated rings. The minimum Gasteiger partial charge on any atom is -0.379 e. The van der Waals surface area contributed by atoms with E-state index in [1.165, 1.54) is 16.4 Å². The predicted octanol–water partition coefficient (Wildman–Crippen LogP) is 0.419. The summed E-state index contributed by atoms with van der Waals surface area (Å²) < 4.78 is 32.3. The van der Waals surface area contributed by atoms with E-state index in [9.17, 15) is 18.0 Å². The van der Waals surface area contributed by atoms with Gasteiger partial charge in [0.25, 0.3) is 11.8 Å². The first-order valence-electron chi connectivity index (χ1n) is 8.32. The Bertz CT molecular complexity index is 934. The normalized spacial score (nSPS) is 15.3. The molecule has 1 saturated heterocycles. The molecule has 0 unspecified atom stereocenters. The molecular weight excluding hydrogens is 372 g/mol. The van der Waals surface area contributed by atoms with Crippen LogP contribution in [0.4, 0.5) is 0 Å². The Hall–Kier alpha value is -2.69. The van der Waals surface area contributed by atoms with Gasteiger partial charge in [-0.2, -0.15) is 4.31 Å². The summed E-state index contributed by atoms with van der Waals surface area (Å²) in [5, 5.41) is 0. The van der Waals surface area contributed by atoms with E-state index in [0.29, 0.717) is 18.8 Å². The van der Waals surface area contributed by atoms with Crippen LogP contribution in [0.1, 0.15) is 26.4 Å². The maximum absolute atomic E-state index is 12.9. The summed E-state index contributed by atoms with van der Waals surface area (Å²) >= 11 is 0. The lowest BCUT2D eigenvalue weighted by atomic mass is 10.1. The summed E-state index contributed by atoms with van der Waals surface area (Å²) in [6.07, 6.45) is 1.58. The Labute approximate surface area is 156 Å². The number of hydrogen-bond acceptors (Lipinski definition) is 5. The third-order valence-electron chi connectivity index (χ3n) is 4.17. The van der Waals surface area contributed by atoms with Crippen LogP contribution in [0.3, 0.4) is 0 Å². The quantitative estimate of drug-likeness (QED) is 0.651. The van der Waals surface area contributed by atoms with Crippen LogP contribution in [0.15, 0.2) is 41.4 Å². The number of nitrogens with one attached hydrogen (secondary N) is 3. The van der Waals surface area contributed by atoms with Gasteiger partial charge >= 0.3 is 0 Å². The summed E-state index contributed by atoms with van der Waals surface area (Å²) in [7, 11) is -3.73. The molecule has 2 aromatic rings. The molecule has 3 N–H and O–H groups in total. The van der Waals surface area contributed by atoms with Crippen LogP contribution < -0.4 is 10.9 Å². The van der Waals surface area contributed by atoms with Gasteiger partial charge in [0, 0.05) is 24.8 Å².